The van der Waals surface area contributed by atoms with Gasteiger partial charge in [-0.05, 0) is 20.0 Å². The molecular weight excluding hydrogens is 298 g/mol. The SMILES string of the molecule is COc1cc(OC)c([C@@H]2CCN(C)C[C@@H]2OC(C)=O)c(OC)c1. The first kappa shape index (κ1) is 17.4. The Labute approximate surface area is 137 Å². The Balaban J connectivity index is 2.46. The average molecular weight is 323 g/mol. The van der Waals surface area contributed by atoms with Gasteiger partial charge in [0.05, 0.1) is 21.3 Å². The minimum atomic E-state index is -0.276. The molecule has 0 amide bonds. The predicted molar refractivity (Wildman–Crippen MR) is 86.5 cm³/mol. The van der Waals surface area contributed by atoms with Crippen molar-refractivity contribution < 1.29 is 23.7 Å². The second-order valence-corrected chi connectivity index (χ2v) is 5.75. The third kappa shape index (κ3) is 3.88. The number of carbonyl (C=O) groups is 1. The summed E-state index contributed by atoms with van der Waals surface area (Å²) in [6, 6.07) is 3.67. The van der Waals surface area contributed by atoms with Crippen LogP contribution in [0.3, 0.4) is 0 Å². The highest BCUT2D eigenvalue weighted by Crippen LogP contribution is 2.43. The highest BCUT2D eigenvalue weighted by Gasteiger charge is 2.35. The lowest BCUT2D eigenvalue weighted by Crippen LogP contribution is -2.43. The topological polar surface area (TPSA) is 57.2 Å². The Kier molecular flexibility index (Phi) is 5.71. The zero-order valence-electron chi connectivity index (χ0n) is 14.4. The Hall–Kier alpha value is -1.95. The normalized spacial score (nSPS) is 21.6. The minimum absolute atomic E-state index is 0.0194. The van der Waals surface area contributed by atoms with Gasteiger partial charge in [0, 0.05) is 37.1 Å². The van der Waals surface area contributed by atoms with Crippen molar-refractivity contribution in [3.8, 4) is 17.2 Å². The largest absolute Gasteiger partial charge is 0.496 e. The van der Waals surface area contributed by atoms with Gasteiger partial charge in [-0.1, -0.05) is 0 Å². The summed E-state index contributed by atoms with van der Waals surface area (Å²) >= 11 is 0. The molecule has 23 heavy (non-hydrogen) atoms. The maximum absolute atomic E-state index is 11.5. The van der Waals surface area contributed by atoms with Crippen LogP contribution in [0.2, 0.25) is 0 Å². The van der Waals surface area contributed by atoms with Gasteiger partial charge >= 0.3 is 5.97 Å². The average Bonchev–Trinajstić information content (AvgIpc) is 2.53. The molecule has 0 aromatic heterocycles. The third-order valence-corrected chi connectivity index (χ3v) is 4.20. The molecule has 1 aliphatic heterocycles. The lowest BCUT2D eigenvalue weighted by atomic mass is 9.85. The van der Waals surface area contributed by atoms with Crippen molar-refractivity contribution in [2.24, 2.45) is 0 Å². The number of rotatable bonds is 5. The number of nitrogens with zero attached hydrogens (tertiary/aromatic N) is 1. The molecular formula is C17H25NO5. The van der Waals surface area contributed by atoms with Crippen LogP contribution in [0.4, 0.5) is 0 Å². The molecule has 128 valence electrons. The van der Waals surface area contributed by atoms with E-state index < -0.39 is 0 Å². The Morgan fingerprint density at radius 1 is 1.13 bits per heavy atom. The summed E-state index contributed by atoms with van der Waals surface area (Å²) in [4.78, 5) is 13.6. The minimum Gasteiger partial charge on any atom is -0.496 e. The Bertz CT molecular complexity index is 535. The van der Waals surface area contributed by atoms with Crippen LogP contribution in [0.25, 0.3) is 0 Å². The van der Waals surface area contributed by atoms with Gasteiger partial charge < -0.3 is 23.8 Å². The maximum atomic E-state index is 11.5. The van der Waals surface area contributed by atoms with Crippen molar-refractivity contribution in [2.45, 2.75) is 25.4 Å². The van der Waals surface area contributed by atoms with Crippen molar-refractivity contribution in [1.82, 2.24) is 4.90 Å². The van der Waals surface area contributed by atoms with E-state index in [4.69, 9.17) is 18.9 Å². The van der Waals surface area contributed by atoms with Crippen molar-refractivity contribution >= 4 is 5.97 Å². The summed E-state index contributed by atoms with van der Waals surface area (Å²) in [6.07, 6.45) is 0.621. The van der Waals surface area contributed by atoms with Crippen LogP contribution in [-0.4, -0.2) is 58.4 Å². The van der Waals surface area contributed by atoms with E-state index in [0.717, 1.165) is 18.5 Å². The first-order chi connectivity index (χ1) is 11.0. The van der Waals surface area contributed by atoms with Crippen LogP contribution < -0.4 is 14.2 Å². The second-order valence-electron chi connectivity index (χ2n) is 5.75. The fourth-order valence-corrected chi connectivity index (χ4v) is 3.13. The van der Waals surface area contributed by atoms with Crippen molar-refractivity contribution in [2.75, 3.05) is 41.5 Å². The predicted octanol–water partition coefficient (Wildman–Crippen LogP) is 2.06. The molecule has 1 heterocycles. The number of likely N-dealkylation sites (N-methyl/N-ethyl adjacent to an activating group) is 1. The van der Waals surface area contributed by atoms with Crippen LogP contribution in [0.15, 0.2) is 12.1 Å². The number of benzene rings is 1. The second kappa shape index (κ2) is 7.55. The molecule has 0 saturated carbocycles. The van der Waals surface area contributed by atoms with E-state index in [1.54, 1.807) is 21.3 Å². The quantitative estimate of drug-likeness (QED) is 0.773. The molecule has 1 fully saturated rings. The maximum Gasteiger partial charge on any atom is 0.302 e. The van der Waals surface area contributed by atoms with Crippen LogP contribution in [0.5, 0.6) is 17.2 Å². The number of hydrogen-bond acceptors (Lipinski definition) is 6. The molecule has 0 unspecified atom stereocenters. The Morgan fingerprint density at radius 2 is 1.74 bits per heavy atom. The number of esters is 1. The number of piperidine rings is 1. The van der Waals surface area contributed by atoms with E-state index in [9.17, 15) is 4.79 Å². The number of likely N-dealkylation sites (tertiary alicyclic amines) is 1. The molecule has 0 radical (unpaired) electrons. The number of methoxy groups -OCH3 is 3. The van der Waals surface area contributed by atoms with Gasteiger partial charge in [0.25, 0.3) is 0 Å². The molecule has 2 atom stereocenters. The van der Waals surface area contributed by atoms with E-state index >= 15 is 0 Å². The van der Waals surface area contributed by atoms with Gasteiger partial charge in [0.15, 0.2) is 0 Å². The molecule has 6 nitrogen and oxygen atoms in total. The van der Waals surface area contributed by atoms with E-state index in [1.807, 2.05) is 19.2 Å². The fraction of sp³-hybridized carbons (Fsp3) is 0.588. The first-order valence-electron chi connectivity index (χ1n) is 7.65. The monoisotopic (exact) mass is 323 g/mol. The molecule has 1 aliphatic rings. The van der Waals surface area contributed by atoms with E-state index in [-0.39, 0.29) is 18.0 Å². The number of carbonyl (C=O) groups excluding carboxylic acids is 1. The summed E-state index contributed by atoms with van der Waals surface area (Å²) in [6.45, 7) is 3.04. The number of hydrogen-bond donors (Lipinski definition) is 0. The standard InChI is InChI=1S/C17H25NO5/c1-11(19)23-16-10-18(2)7-6-13(16)17-14(21-4)8-12(20-3)9-15(17)22-5/h8-9,13,16H,6-7,10H2,1-5H3/t13-,16+/m1/s1. The van der Waals surface area contributed by atoms with Crippen molar-refractivity contribution in [3.05, 3.63) is 17.7 Å². The van der Waals surface area contributed by atoms with Gasteiger partial charge in [0.2, 0.25) is 0 Å². The third-order valence-electron chi connectivity index (χ3n) is 4.20. The molecule has 1 aromatic carbocycles. The summed E-state index contributed by atoms with van der Waals surface area (Å²) in [5.74, 6) is 1.79. The first-order valence-corrected chi connectivity index (χ1v) is 7.65. The van der Waals surface area contributed by atoms with E-state index in [0.29, 0.717) is 23.8 Å². The lowest BCUT2D eigenvalue weighted by Gasteiger charge is -2.37. The molecule has 0 aliphatic carbocycles. The van der Waals surface area contributed by atoms with Crippen molar-refractivity contribution in [1.29, 1.82) is 0 Å². The van der Waals surface area contributed by atoms with E-state index in [1.165, 1.54) is 6.92 Å². The molecule has 0 spiro atoms. The highest BCUT2D eigenvalue weighted by molar-refractivity contribution is 5.66. The molecule has 2 rings (SSSR count). The van der Waals surface area contributed by atoms with Gasteiger partial charge in [-0.15, -0.1) is 0 Å². The summed E-state index contributed by atoms with van der Waals surface area (Å²) in [5.41, 5.74) is 0.926. The van der Waals surface area contributed by atoms with Gasteiger partial charge in [-0.3, -0.25) is 4.79 Å². The highest BCUT2D eigenvalue weighted by atomic mass is 16.5. The van der Waals surface area contributed by atoms with Gasteiger partial charge in [-0.2, -0.15) is 0 Å². The van der Waals surface area contributed by atoms with E-state index in [2.05, 4.69) is 4.90 Å². The molecule has 1 saturated heterocycles. The lowest BCUT2D eigenvalue weighted by molar-refractivity contribution is -0.149. The fourth-order valence-electron chi connectivity index (χ4n) is 3.13. The summed E-state index contributed by atoms with van der Waals surface area (Å²) in [7, 11) is 6.86. The Morgan fingerprint density at radius 3 is 2.22 bits per heavy atom. The molecule has 0 N–H and O–H groups in total. The van der Waals surface area contributed by atoms with Gasteiger partial charge in [0.1, 0.15) is 23.4 Å². The summed E-state index contributed by atoms with van der Waals surface area (Å²) < 4.78 is 22.0. The van der Waals surface area contributed by atoms with Crippen LogP contribution in [-0.2, 0) is 9.53 Å². The van der Waals surface area contributed by atoms with Crippen LogP contribution >= 0.6 is 0 Å². The molecule has 0 bridgehead atoms. The summed E-state index contributed by atoms with van der Waals surface area (Å²) in [5, 5.41) is 0. The number of ether oxygens (including phenoxy) is 4. The van der Waals surface area contributed by atoms with Crippen LogP contribution in [0.1, 0.15) is 24.8 Å². The molecule has 6 heteroatoms. The zero-order chi connectivity index (χ0) is 17.0. The van der Waals surface area contributed by atoms with Crippen molar-refractivity contribution in [3.63, 3.8) is 0 Å². The van der Waals surface area contributed by atoms with Gasteiger partial charge in [-0.25, -0.2) is 0 Å². The molecule has 1 aromatic rings. The zero-order valence-corrected chi connectivity index (χ0v) is 14.4. The van der Waals surface area contributed by atoms with Crippen LogP contribution in [0, 0.1) is 0 Å². The smallest absolute Gasteiger partial charge is 0.302 e.